The highest BCUT2D eigenvalue weighted by Gasteiger charge is 2.52. The first kappa shape index (κ1) is 12.6. The molecule has 0 saturated carbocycles. The molecule has 0 spiro atoms. The van der Waals surface area contributed by atoms with Gasteiger partial charge in [0.2, 0.25) is 5.91 Å². The molecule has 1 N–H and O–H groups in total. The van der Waals surface area contributed by atoms with Crippen LogP contribution in [0.1, 0.15) is 6.42 Å². The summed E-state index contributed by atoms with van der Waals surface area (Å²) in [5.41, 5.74) is 0. The minimum Gasteiger partial charge on any atom is -0.479 e. The topological polar surface area (TPSA) is 57.6 Å². The minimum atomic E-state index is -0.937. The molecule has 2 rings (SSSR count). The zero-order valence-electron chi connectivity index (χ0n) is 9.17. The first-order chi connectivity index (χ1) is 8.15. The number of hydrogen-bond donors (Lipinski definition) is 1. The average Bonchev–Trinajstić information content (AvgIpc) is 2.57. The van der Waals surface area contributed by atoms with Crippen LogP contribution in [0.5, 0.6) is 0 Å². The summed E-state index contributed by atoms with van der Waals surface area (Å²) in [7, 11) is 0. The molecule has 0 aliphatic carbocycles. The fourth-order valence-corrected chi connectivity index (χ4v) is 3.98. The van der Waals surface area contributed by atoms with Crippen molar-refractivity contribution in [3.05, 3.63) is 23.6 Å². The lowest BCUT2D eigenvalue weighted by Gasteiger charge is -2.35. The molecular formula is C11H13NO3S2. The zero-order valence-corrected chi connectivity index (χ0v) is 10.8. The van der Waals surface area contributed by atoms with Crippen molar-refractivity contribution in [2.75, 3.05) is 11.5 Å². The Bertz CT molecular complexity index is 394. The molecule has 1 amide bonds. The lowest BCUT2D eigenvalue weighted by atomic mass is 10.1. The Morgan fingerprint density at radius 1 is 1.65 bits per heavy atom. The second-order valence-corrected chi connectivity index (χ2v) is 6.08. The van der Waals surface area contributed by atoms with Crippen molar-refractivity contribution in [1.82, 2.24) is 4.90 Å². The second-order valence-electron chi connectivity index (χ2n) is 3.75. The standard InChI is InChI=1S/C11H13NO3S2/c1-2-4-16-5-3-7-10(11(14)15)12-8(13)6-9(12)17-7/h2-3,9-10H,1,4-6H2,(H,14,15)/b7-3-. The zero-order chi connectivity index (χ0) is 12.4. The number of thioether (sulfide) groups is 2. The molecule has 0 bridgehead atoms. The summed E-state index contributed by atoms with van der Waals surface area (Å²) in [6.45, 7) is 3.62. The highest BCUT2D eigenvalue weighted by atomic mass is 32.2. The van der Waals surface area contributed by atoms with Gasteiger partial charge in [0.05, 0.1) is 11.8 Å². The quantitative estimate of drug-likeness (QED) is 0.467. The predicted molar refractivity (Wildman–Crippen MR) is 69.9 cm³/mol. The van der Waals surface area contributed by atoms with Gasteiger partial charge in [-0.25, -0.2) is 4.79 Å². The van der Waals surface area contributed by atoms with E-state index < -0.39 is 12.0 Å². The summed E-state index contributed by atoms with van der Waals surface area (Å²) < 4.78 is 0. The predicted octanol–water partition coefficient (Wildman–Crippen LogP) is 1.55. The molecule has 17 heavy (non-hydrogen) atoms. The molecule has 92 valence electrons. The molecule has 2 saturated heterocycles. The molecule has 2 aliphatic rings. The summed E-state index contributed by atoms with van der Waals surface area (Å²) >= 11 is 3.18. The van der Waals surface area contributed by atoms with E-state index in [1.165, 1.54) is 16.7 Å². The number of carboxylic acid groups (broad SMARTS) is 1. The van der Waals surface area contributed by atoms with Gasteiger partial charge < -0.3 is 10.0 Å². The van der Waals surface area contributed by atoms with Crippen LogP contribution in [-0.4, -0.2) is 44.8 Å². The van der Waals surface area contributed by atoms with E-state index in [-0.39, 0.29) is 11.3 Å². The summed E-state index contributed by atoms with van der Waals surface area (Å²) in [6.07, 6.45) is 4.20. The molecule has 0 aromatic heterocycles. The molecule has 0 aromatic carbocycles. The summed E-state index contributed by atoms with van der Waals surface area (Å²) in [4.78, 5) is 24.8. The maximum absolute atomic E-state index is 11.4. The van der Waals surface area contributed by atoms with E-state index in [4.69, 9.17) is 5.11 Å². The van der Waals surface area contributed by atoms with E-state index in [2.05, 4.69) is 6.58 Å². The molecular weight excluding hydrogens is 258 g/mol. The fourth-order valence-electron chi connectivity index (χ4n) is 1.86. The van der Waals surface area contributed by atoms with Crippen molar-refractivity contribution in [3.63, 3.8) is 0 Å². The van der Waals surface area contributed by atoms with Gasteiger partial charge in [-0.05, 0) is 0 Å². The summed E-state index contributed by atoms with van der Waals surface area (Å²) in [6, 6.07) is -0.754. The molecule has 2 aliphatic heterocycles. The van der Waals surface area contributed by atoms with Crippen LogP contribution in [0.15, 0.2) is 23.6 Å². The summed E-state index contributed by atoms with van der Waals surface area (Å²) in [5, 5.41) is 9.20. The molecule has 0 radical (unpaired) electrons. The normalized spacial score (nSPS) is 29.1. The molecule has 2 heterocycles. The van der Waals surface area contributed by atoms with Crippen LogP contribution in [0.4, 0.5) is 0 Å². The van der Waals surface area contributed by atoms with Crippen LogP contribution in [0, 0.1) is 0 Å². The van der Waals surface area contributed by atoms with Gasteiger partial charge >= 0.3 is 5.97 Å². The highest BCUT2D eigenvalue weighted by Crippen LogP contribution is 2.46. The Morgan fingerprint density at radius 3 is 3.00 bits per heavy atom. The number of rotatable bonds is 5. The fraction of sp³-hybridized carbons (Fsp3) is 0.455. The number of hydrogen-bond acceptors (Lipinski definition) is 4. The third-order valence-electron chi connectivity index (χ3n) is 2.64. The lowest BCUT2D eigenvalue weighted by molar-refractivity contribution is -0.154. The van der Waals surface area contributed by atoms with Crippen LogP contribution < -0.4 is 0 Å². The number of aliphatic carboxylic acids is 1. The number of β-lactam (4-membered cyclic amide) rings is 1. The minimum absolute atomic E-state index is 0.0410. The van der Waals surface area contributed by atoms with Crippen LogP contribution in [0.3, 0.4) is 0 Å². The lowest BCUT2D eigenvalue weighted by Crippen LogP contribution is -2.53. The highest BCUT2D eigenvalue weighted by molar-refractivity contribution is 8.04. The molecule has 2 unspecified atom stereocenters. The summed E-state index contributed by atoms with van der Waals surface area (Å²) in [5.74, 6) is 0.607. The maximum atomic E-state index is 11.4. The van der Waals surface area contributed by atoms with E-state index in [1.807, 2.05) is 12.2 Å². The van der Waals surface area contributed by atoms with Gasteiger partial charge in [-0.15, -0.1) is 18.3 Å². The number of carbonyl (C=O) groups excluding carboxylic acids is 1. The Morgan fingerprint density at radius 2 is 2.41 bits per heavy atom. The van der Waals surface area contributed by atoms with E-state index >= 15 is 0 Å². The van der Waals surface area contributed by atoms with Crippen molar-refractivity contribution in [1.29, 1.82) is 0 Å². The molecule has 2 atom stereocenters. The van der Waals surface area contributed by atoms with E-state index in [1.54, 1.807) is 11.8 Å². The van der Waals surface area contributed by atoms with Crippen molar-refractivity contribution in [3.8, 4) is 0 Å². The SMILES string of the molecule is C=CCSC/C=C1\SC2CC(=O)N2C1C(=O)O. The first-order valence-electron chi connectivity index (χ1n) is 5.24. The van der Waals surface area contributed by atoms with Gasteiger partial charge in [-0.2, -0.15) is 11.8 Å². The van der Waals surface area contributed by atoms with Crippen molar-refractivity contribution < 1.29 is 14.7 Å². The molecule has 0 aromatic rings. The van der Waals surface area contributed by atoms with Crippen molar-refractivity contribution in [2.45, 2.75) is 17.8 Å². The number of fused-ring (bicyclic) bond motifs is 1. The maximum Gasteiger partial charge on any atom is 0.331 e. The van der Waals surface area contributed by atoms with Gasteiger partial charge in [-0.3, -0.25) is 4.79 Å². The number of nitrogens with zero attached hydrogens (tertiary/aromatic N) is 1. The molecule has 6 heteroatoms. The van der Waals surface area contributed by atoms with E-state index in [0.29, 0.717) is 6.42 Å². The monoisotopic (exact) mass is 271 g/mol. The Balaban J connectivity index is 2.03. The number of carboxylic acids is 1. The van der Waals surface area contributed by atoms with Crippen molar-refractivity contribution >= 4 is 35.4 Å². The van der Waals surface area contributed by atoms with Crippen LogP contribution in [-0.2, 0) is 9.59 Å². The molecule has 2 fully saturated rings. The van der Waals surface area contributed by atoms with Crippen LogP contribution in [0.2, 0.25) is 0 Å². The number of carbonyl (C=O) groups is 2. The smallest absolute Gasteiger partial charge is 0.331 e. The first-order valence-corrected chi connectivity index (χ1v) is 7.28. The number of amides is 1. The van der Waals surface area contributed by atoms with Crippen molar-refractivity contribution in [2.24, 2.45) is 0 Å². The van der Waals surface area contributed by atoms with E-state index in [0.717, 1.165) is 16.4 Å². The van der Waals surface area contributed by atoms with Gasteiger partial charge in [-0.1, -0.05) is 12.2 Å². The largest absolute Gasteiger partial charge is 0.479 e. The van der Waals surface area contributed by atoms with Gasteiger partial charge in [0.1, 0.15) is 0 Å². The Kier molecular flexibility index (Phi) is 3.83. The second kappa shape index (κ2) is 5.18. The Hall–Kier alpha value is -0.880. The third kappa shape index (κ3) is 2.37. The van der Waals surface area contributed by atoms with Gasteiger partial charge in [0, 0.05) is 16.4 Å². The molecule has 4 nitrogen and oxygen atoms in total. The Labute approximate surface area is 108 Å². The average molecular weight is 271 g/mol. The van der Waals surface area contributed by atoms with Crippen LogP contribution >= 0.6 is 23.5 Å². The van der Waals surface area contributed by atoms with Gasteiger partial charge in [0.25, 0.3) is 0 Å². The third-order valence-corrected chi connectivity index (χ3v) is 4.84. The van der Waals surface area contributed by atoms with E-state index in [9.17, 15) is 9.59 Å². The van der Waals surface area contributed by atoms with Crippen LogP contribution in [0.25, 0.3) is 0 Å². The van der Waals surface area contributed by atoms with Gasteiger partial charge in [0.15, 0.2) is 6.04 Å².